The molecule has 2 heterocycles. The Morgan fingerprint density at radius 1 is 1.17 bits per heavy atom. The fourth-order valence-electron chi connectivity index (χ4n) is 3.44. The van der Waals surface area contributed by atoms with Crippen LogP contribution in [0.3, 0.4) is 0 Å². The lowest BCUT2D eigenvalue weighted by molar-refractivity contribution is -0.138. The Morgan fingerprint density at radius 3 is 2.49 bits per heavy atom. The first-order valence-electron chi connectivity index (χ1n) is 12.0. The van der Waals surface area contributed by atoms with E-state index in [1.807, 2.05) is 0 Å². The highest BCUT2D eigenvalue weighted by molar-refractivity contribution is 8.00. The number of hydrogen-bond donors (Lipinski definition) is 1. The van der Waals surface area contributed by atoms with Gasteiger partial charge in [-0.2, -0.15) is 13.2 Å². The molecule has 1 aliphatic heterocycles. The SMILES string of the molecule is CN(C)C(=O)Nc1cccc(C(F)(F)F)c1.COC(=O)CSc1cc(/N=c2\sc(=O)n3n2CCCC3)c(F)cc1Cl. The third-order valence-electron chi connectivity index (χ3n) is 5.53. The number of thioether (sulfide) groups is 1. The average Bonchev–Trinajstić information content (AvgIpc) is 3.24. The van der Waals surface area contributed by atoms with Gasteiger partial charge in [0, 0.05) is 37.8 Å². The van der Waals surface area contributed by atoms with E-state index in [1.165, 1.54) is 44.3 Å². The van der Waals surface area contributed by atoms with E-state index in [0.717, 1.165) is 54.1 Å². The van der Waals surface area contributed by atoms with E-state index in [2.05, 4.69) is 15.0 Å². The second-order valence-electron chi connectivity index (χ2n) is 8.72. The molecule has 1 N–H and O–H groups in total. The summed E-state index contributed by atoms with van der Waals surface area (Å²) in [5, 5.41) is 2.54. The maximum absolute atomic E-state index is 14.3. The number of nitrogens with zero attached hydrogens (tertiary/aromatic N) is 4. The molecule has 222 valence electrons. The Kier molecular flexibility index (Phi) is 11.0. The molecule has 9 nitrogen and oxygen atoms in total. The van der Waals surface area contributed by atoms with Crippen LogP contribution in [0.2, 0.25) is 5.02 Å². The van der Waals surface area contributed by atoms with Gasteiger partial charge in [0.05, 0.1) is 23.4 Å². The normalized spacial score (nSPS) is 13.1. The number of alkyl halides is 3. The van der Waals surface area contributed by atoms with Gasteiger partial charge in [-0.15, -0.1) is 11.8 Å². The molecule has 0 aliphatic carbocycles. The number of halogens is 5. The van der Waals surface area contributed by atoms with Crippen LogP contribution in [0.25, 0.3) is 0 Å². The van der Waals surface area contributed by atoms with Crippen molar-refractivity contribution in [1.82, 2.24) is 14.3 Å². The fourth-order valence-corrected chi connectivity index (χ4v) is 5.43. The minimum Gasteiger partial charge on any atom is -0.468 e. The number of nitrogens with one attached hydrogen (secondary N) is 1. The van der Waals surface area contributed by atoms with E-state index in [-0.39, 0.29) is 27.0 Å². The van der Waals surface area contributed by atoms with Crippen LogP contribution >= 0.6 is 34.7 Å². The number of anilines is 1. The predicted molar refractivity (Wildman–Crippen MR) is 149 cm³/mol. The molecule has 2 aromatic carbocycles. The van der Waals surface area contributed by atoms with E-state index in [9.17, 15) is 31.9 Å². The number of carbonyl (C=O) groups excluding carboxylic acids is 2. The van der Waals surface area contributed by atoms with E-state index in [1.54, 1.807) is 9.36 Å². The first-order chi connectivity index (χ1) is 19.3. The lowest BCUT2D eigenvalue weighted by atomic mass is 10.2. The Balaban J connectivity index is 0.000000250. The van der Waals surface area contributed by atoms with E-state index >= 15 is 0 Å². The van der Waals surface area contributed by atoms with Gasteiger partial charge in [-0.1, -0.05) is 17.7 Å². The summed E-state index contributed by atoms with van der Waals surface area (Å²) >= 11 is 8.17. The molecular formula is C25H26ClF4N5O4S2. The molecule has 0 unspecified atom stereocenters. The first kappa shape index (κ1) is 32.2. The zero-order chi connectivity index (χ0) is 30.3. The smallest absolute Gasteiger partial charge is 0.416 e. The van der Waals surface area contributed by atoms with Gasteiger partial charge in [-0.3, -0.25) is 14.3 Å². The van der Waals surface area contributed by atoms with Gasteiger partial charge in [-0.05, 0) is 54.5 Å². The summed E-state index contributed by atoms with van der Waals surface area (Å²) in [5.74, 6) is -0.923. The number of ether oxygens (including phenoxy) is 1. The van der Waals surface area contributed by atoms with Crippen LogP contribution in [0.1, 0.15) is 18.4 Å². The fraction of sp³-hybridized carbons (Fsp3) is 0.360. The Hall–Kier alpha value is -3.30. The number of benzene rings is 2. The molecule has 0 bridgehead atoms. The number of fused-ring (bicyclic) bond motifs is 1. The number of methoxy groups -OCH3 is 1. The molecule has 4 rings (SSSR count). The molecule has 0 saturated heterocycles. The number of hydrogen-bond acceptors (Lipinski definition) is 7. The van der Waals surface area contributed by atoms with Crippen LogP contribution in [0.15, 0.2) is 51.1 Å². The van der Waals surface area contributed by atoms with Gasteiger partial charge in [0.2, 0.25) is 4.80 Å². The number of carbonyl (C=O) groups is 2. The van der Waals surface area contributed by atoms with Crippen LogP contribution < -0.4 is 15.0 Å². The Morgan fingerprint density at radius 2 is 1.85 bits per heavy atom. The van der Waals surface area contributed by atoms with E-state index in [0.29, 0.717) is 22.8 Å². The van der Waals surface area contributed by atoms with Gasteiger partial charge in [0.25, 0.3) is 0 Å². The lowest BCUT2D eigenvalue weighted by Gasteiger charge is -2.15. The van der Waals surface area contributed by atoms with Crippen molar-refractivity contribution in [2.45, 2.75) is 37.0 Å². The van der Waals surface area contributed by atoms with Crippen LogP contribution in [0, 0.1) is 5.82 Å². The summed E-state index contributed by atoms with van der Waals surface area (Å²) in [5.41, 5.74) is -0.586. The monoisotopic (exact) mass is 635 g/mol. The van der Waals surface area contributed by atoms with Crippen LogP contribution in [-0.2, 0) is 28.8 Å². The highest BCUT2D eigenvalue weighted by atomic mass is 35.5. The molecule has 1 aliphatic rings. The molecule has 0 radical (unpaired) electrons. The molecule has 3 aromatic rings. The van der Waals surface area contributed by atoms with E-state index in [4.69, 9.17) is 11.6 Å². The van der Waals surface area contributed by atoms with Crippen LogP contribution in [0.4, 0.5) is 33.7 Å². The molecule has 2 amide bonds. The van der Waals surface area contributed by atoms with Crippen molar-refractivity contribution in [2.75, 3.05) is 32.3 Å². The number of urea groups is 1. The largest absolute Gasteiger partial charge is 0.468 e. The molecule has 16 heteroatoms. The summed E-state index contributed by atoms with van der Waals surface area (Å²) in [6, 6.07) is 6.66. The second-order valence-corrected chi connectivity index (χ2v) is 11.1. The summed E-state index contributed by atoms with van der Waals surface area (Å²) in [6.45, 7) is 1.32. The number of aromatic nitrogens is 2. The Labute approximate surface area is 245 Å². The molecule has 0 spiro atoms. The maximum atomic E-state index is 14.3. The first-order valence-corrected chi connectivity index (χ1v) is 14.2. The second kappa shape index (κ2) is 14.0. The van der Waals surface area contributed by atoms with Crippen molar-refractivity contribution in [3.05, 3.63) is 67.3 Å². The van der Waals surface area contributed by atoms with Crippen molar-refractivity contribution >= 4 is 58.1 Å². The standard InChI is InChI=1S/C15H15ClFN3O3S2.C10H11F3N2O/c1-23-13(21)8-24-12-7-11(10(17)6-9(12)16)18-14-19-4-2-3-5-20(19)15(22)25-14;1-15(2)9(16)14-8-5-3-4-7(6-8)10(11,12)13/h6-7H,2-5,8H2,1H3;3-6H,1-2H3,(H,14,16)/b18-14-;. The molecule has 41 heavy (non-hydrogen) atoms. The lowest BCUT2D eigenvalue weighted by Crippen LogP contribution is -2.31. The number of esters is 1. The van der Waals surface area contributed by atoms with Crippen molar-refractivity contribution < 1.29 is 31.9 Å². The zero-order valence-electron chi connectivity index (χ0n) is 22.1. The third kappa shape index (κ3) is 8.84. The van der Waals surface area contributed by atoms with Gasteiger partial charge in [0.15, 0.2) is 0 Å². The summed E-state index contributed by atoms with van der Waals surface area (Å²) in [4.78, 5) is 40.9. The van der Waals surface area contributed by atoms with Crippen molar-refractivity contribution in [2.24, 2.45) is 4.99 Å². The summed E-state index contributed by atoms with van der Waals surface area (Å²) in [7, 11) is 4.30. The molecule has 0 saturated carbocycles. The highest BCUT2D eigenvalue weighted by Gasteiger charge is 2.30. The van der Waals surface area contributed by atoms with Crippen LogP contribution in [-0.4, -0.2) is 53.2 Å². The zero-order valence-corrected chi connectivity index (χ0v) is 24.5. The highest BCUT2D eigenvalue weighted by Crippen LogP contribution is 2.33. The maximum Gasteiger partial charge on any atom is 0.416 e. The quantitative estimate of drug-likeness (QED) is 0.224. The van der Waals surface area contributed by atoms with Crippen molar-refractivity contribution in [1.29, 1.82) is 0 Å². The molecular weight excluding hydrogens is 610 g/mol. The minimum absolute atomic E-state index is 0.0605. The number of amides is 2. The summed E-state index contributed by atoms with van der Waals surface area (Å²) < 4.78 is 59.3. The van der Waals surface area contributed by atoms with Gasteiger partial charge in [0.1, 0.15) is 11.5 Å². The predicted octanol–water partition coefficient (Wildman–Crippen LogP) is 5.59. The van der Waals surface area contributed by atoms with Crippen molar-refractivity contribution in [3.8, 4) is 0 Å². The van der Waals surface area contributed by atoms with Crippen molar-refractivity contribution in [3.63, 3.8) is 0 Å². The molecule has 0 fully saturated rings. The van der Waals surface area contributed by atoms with E-state index < -0.39 is 29.6 Å². The Bertz CT molecular complexity index is 1540. The topological polar surface area (TPSA) is 97.9 Å². The molecule has 0 atom stereocenters. The summed E-state index contributed by atoms with van der Waals surface area (Å²) in [6.07, 6.45) is -2.51. The number of rotatable bonds is 5. The van der Waals surface area contributed by atoms with Crippen LogP contribution in [0.5, 0.6) is 0 Å². The minimum atomic E-state index is -4.40. The van der Waals surface area contributed by atoms with Gasteiger partial charge < -0.3 is 15.0 Å². The van der Waals surface area contributed by atoms with Gasteiger partial charge in [-0.25, -0.2) is 18.9 Å². The average molecular weight is 636 g/mol. The van der Waals surface area contributed by atoms with Gasteiger partial charge >= 0.3 is 23.0 Å². The third-order valence-corrected chi connectivity index (χ3v) is 7.85. The molecule has 1 aromatic heterocycles.